The van der Waals surface area contributed by atoms with Crippen molar-refractivity contribution in [3.63, 3.8) is 0 Å². The van der Waals surface area contributed by atoms with Crippen molar-refractivity contribution in [3.05, 3.63) is 35.4 Å². The van der Waals surface area contributed by atoms with Crippen LogP contribution in [0.5, 0.6) is 0 Å². The predicted molar refractivity (Wildman–Crippen MR) is 103 cm³/mol. The molecule has 2 amide bonds. The Morgan fingerprint density at radius 2 is 1.62 bits per heavy atom. The highest BCUT2D eigenvalue weighted by atomic mass is 16.4. The van der Waals surface area contributed by atoms with E-state index in [1.807, 2.05) is 45.0 Å². The Balaban J connectivity index is 0.00000301. The largest absolute Gasteiger partial charge is 0.481 e. The van der Waals surface area contributed by atoms with Crippen LogP contribution in [0.15, 0.2) is 24.3 Å². The van der Waals surface area contributed by atoms with Gasteiger partial charge in [-0.2, -0.15) is 0 Å². The van der Waals surface area contributed by atoms with E-state index in [2.05, 4.69) is 10.6 Å². The van der Waals surface area contributed by atoms with E-state index < -0.39 is 24.3 Å². The zero-order valence-corrected chi connectivity index (χ0v) is 16.5. The fourth-order valence-electron chi connectivity index (χ4n) is 2.24. The molecule has 6 heteroatoms. The number of benzene rings is 1. The van der Waals surface area contributed by atoms with E-state index in [1.165, 1.54) is 5.56 Å². The van der Waals surface area contributed by atoms with Crippen molar-refractivity contribution in [2.24, 2.45) is 0 Å². The van der Waals surface area contributed by atoms with E-state index in [0.29, 0.717) is 6.42 Å². The van der Waals surface area contributed by atoms with Gasteiger partial charge in [-0.3, -0.25) is 14.4 Å². The normalized spacial score (nSPS) is 11.2. The van der Waals surface area contributed by atoms with E-state index in [9.17, 15) is 14.4 Å². The SMILES string of the molecule is CC.Cc1ccc(CCCC(=O)NC(CC(=O)O)C(=O)NC(C)C)cc1. The van der Waals surface area contributed by atoms with Gasteiger partial charge in [-0.05, 0) is 39.2 Å². The molecule has 0 fully saturated rings. The van der Waals surface area contributed by atoms with E-state index in [0.717, 1.165) is 12.0 Å². The fraction of sp³-hybridized carbons (Fsp3) is 0.550. The van der Waals surface area contributed by atoms with Crippen LogP contribution in [-0.4, -0.2) is 35.0 Å². The first kappa shape index (κ1) is 23.6. The summed E-state index contributed by atoms with van der Waals surface area (Å²) in [5, 5.41) is 14.0. The smallest absolute Gasteiger partial charge is 0.305 e. The molecule has 0 aromatic heterocycles. The quantitative estimate of drug-likeness (QED) is 0.628. The van der Waals surface area contributed by atoms with Crippen LogP contribution >= 0.6 is 0 Å². The summed E-state index contributed by atoms with van der Waals surface area (Å²) in [6.07, 6.45) is 1.22. The number of hydrogen-bond acceptors (Lipinski definition) is 3. The van der Waals surface area contributed by atoms with Crippen molar-refractivity contribution >= 4 is 17.8 Å². The Morgan fingerprint density at radius 3 is 2.12 bits per heavy atom. The molecule has 6 nitrogen and oxygen atoms in total. The summed E-state index contributed by atoms with van der Waals surface area (Å²) in [7, 11) is 0. The number of carbonyl (C=O) groups is 3. The second kappa shape index (κ2) is 12.9. The average molecular weight is 364 g/mol. The van der Waals surface area contributed by atoms with Gasteiger partial charge in [0.05, 0.1) is 6.42 Å². The zero-order valence-electron chi connectivity index (χ0n) is 16.5. The molecule has 1 unspecified atom stereocenters. The predicted octanol–water partition coefficient (Wildman–Crippen LogP) is 2.83. The minimum atomic E-state index is -1.13. The van der Waals surface area contributed by atoms with Crippen LogP contribution < -0.4 is 10.6 Å². The number of carbonyl (C=O) groups excluding carboxylic acids is 2. The first-order valence-electron chi connectivity index (χ1n) is 9.15. The van der Waals surface area contributed by atoms with Gasteiger partial charge < -0.3 is 15.7 Å². The number of carboxylic acid groups (broad SMARTS) is 1. The summed E-state index contributed by atoms with van der Waals surface area (Å²) in [5.74, 6) is -1.91. The third-order valence-corrected chi connectivity index (χ3v) is 3.45. The molecular weight excluding hydrogens is 332 g/mol. The maximum atomic E-state index is 12.0. The maximum absolute atomic E-state index is 12.0. The van der Waals surface area contributed by atoms with Gasteiger partial charge >= 0.3 is 5.97 Å². The summed E-state index contributed by atoms with van der Waals surface area (Å²) in [4.78, 5) is 34.8. The van der Waals surface area contributed by atoms with Gasteiger partial charge in [-0.25, -0.2) is 0 Å². The van der Waals surface area contributed by atoms with E-state index >= 15 is 0 Å². The lowest BCUT2D eigenvalue weighted by atomic mass is 10.1. The molecule has 0 aliphatic carbocycles. The number of nitrogens with one attached hydrogen (secondary N) is 2. The Labute approximate surface area is 156 Å². The Bertz CT molecular complexity index is 568. The van der Waals surface area contributed by atoms with Crippen molar-refractivity contribution < 1.29 is 19.5 Å². The monoisotopic (exact) mass is 364 g/mol. The molecule has 0 heterocycles. The third kappa shape index (κ3) is 10.5. The second-order valence-electron chi connectivity index (χ2n) is 6.22. The molecule has 0 saturated carbocycles. The Morgan fingerprint density at radius 1 is 1.04 bits per heavy atom. The highest BCUT2D eigenvalue weighted by Gasteiger charge is 2.23. The molecule has 0 spiro atoms. The van der Waals surface area contributed by atoms with Crippen molar-refractivity contribution in [1.82, 2.24) is 10.6 Å². The molecule has 0 radical (unpaired) electrons. The van der Waals surface area contributed by atoms with Crippen molar-refractivity contribution in [2.45, 2.75) is 72.4 Å². The van der Waals surface area contributed by atoms with Crippen LogP contribution in [0, 0.1) is 6.92 Å². The molecule has 3 N–H and O–H groups in total. The molecule has 1 atom stereocenters. The van der Waals surface area contributed by atoms with Crippen molar-refractivity contribution in [3.8, 4) is 0 Å². The van der Waals surface area contributed by atoms with Gasteiger partial charge in [0, 0.05) is 12.5 Å². The van der Waals surface area contributed by atoms with Crippen molar-refractivity contribution in [2.75, 3.05) is 0 Å². The summed E-state index contributed by atoms with van der Waals surface area (Å²) >= 11 is 0. The van der Waals surface area contributed by atoms with Crippen LogP contribution in [0.3, 0.4) is 0 Å². The van der Waals surface area contributed by atoms with Crippen LogP contribution in [0.25, 0.3) is 0 Å². The molecular formula is C20H32N2O4. The number of aliphatic carboxylic acids is 1. The average Bonchev–Trinajstić information content (AvgIpc) is 2.57. The molecule has 0 bridgehead atoms. The number of hydrogen-bond donors (Lipinski definition) is 3. The maximum Gasteiger partial charge on any atom is 0.305 e. The molecule has 146 valence electrons. The van der Waals surface area contributed by atoms with Crippen LogP contribution in [-0.2, 0) is 20.8 Å². The summed E-state index contributed by atoms with van der Waals surface area (Å²) in [6, 6.07) is 6.93. The lowest BCUT2D eigenvalue weighted by molar-refractivity contribution is -0.140. The zero-order chi connectivity index (χ0) is 20.1. The fourth-order valence-corrected chi connectivity index (χ4v) is 2.24. The minimum Gasteiger partial charge on any atom is -0.481 e. The first-order chi connectivity index (χ1) is 12.3. The third-order valence-electron chi connectivity index (χ3n) is 3.45. The number of rotatable bonds is 9. The van der Waals surface area contributed by atoms with Crippen LogP contribution in [0.2, 0.25) is 0 Å². The molecule has 0 aliphatic heterocycles. The summed E-state index contributed by atoms with van der Waals surface area (Å²) in [6.45, 7) is 9.57. The van der Waals surface area contributed by atoms with Gasteiger partial charge in [-0.1, -0.05) is 43.7 Å². The number of amides is 2. The van der Waals surface area contributed by atoms with Gasteiger partial charge in [0.2, 0.25) is 11.8 Å². The molecule has 26 heavy (non-hydrogen) atoms. The van der Waals surface area contributed by atoms with E-state index in [4.69, 9.17) is 5.11 Å². The standard InChI is InChI=1S/C18H26N2O4.C2H6/c1-12(2)19-18(24)15(11-17(22)23)20-16(21)6-4-5-14-9-7-13(3)8-10-14;1-2/h7-10,12,15H,4-6,11H2,1-3H3,(H,19,24)(H,20,21)(H,22,23);1-2H3. The minimum absolute atomic E-state index is 0.118. The number of aryl methyl sites for hydroxylation is 2. The van der Waals surface area contributed by atoms with Gasteiger partial charge in [0.25, 0.3) is 0 Å². The van der Waals surface area contributed by atoms with E-state index in [-0.39, 0.29) is 18.4 Å². The summed E-state index contributed by atoms with van der Waals surface area (Å²) < 4.78 is 0. The molecule has 1 aromatic carbocycles. The highest BCUT2D eigenvalue weighted by Crippen LogP contribution is 2.07. The molecule has 1 aromatic rings. The molecule has 0 aliphatic rings. The lowest BCUT2D eigenvalue weighted by Gasteiger charge is -2.18. The van der Waals surface area contributed by atoms with Gasteiger partial charge in [-0.15, -0.1) is 0 Å². The second-order valence-corrected chi connectivity index (χ2v) is 6.22. The molecule has 0 saturated heterocycles. The van der Waals surface area contributed by atoms with Crippen LogP contribution in [0.4, 0.5) is 0 Å². The number of carboxylic acids is 1. The Kier molecular flexibility index (Phi) is 11.7. The Hall–Kier alpha value is -2.37. The topological polar surface area (TPSA) is 95.5 Å². The van der Waals surface area contributed by atoms with Crippen molar-refractivity contribution in [1.29, 1.82) is 0 Å². The summed E-state index contributed by atoms with van der Waals surface area (Å²) in [5.41, 5.74) is 2.33. The van der Waals surface area contributed by atoms with E-state index in [1.54, 1.807) is 13.8 Å². The van der Waals surface area contributed by atoms with Crippen LogP contribution in [0.1, 0.15) is 58.1 Å². The van der Waals surface area contributed by atoms with Gasteiger partial charge in [0.15, 0.2) is 0 Å². The highest BCUT2D eigenvalue weighted by molar-refractivity contribution is 5.90. The lowest BCUT2D eigenvalue weighted by Crippen LogP contribution is -2.49. The van der Waals surface area contributed by atoms with Gasteiger partial charge in [0.1, 0.15) is 6.04 Å². The first-order valence-corrected chi connectivity index (χ1v) is 9.15. The molecule has 1 rings (SSSR count).